The van der Waals surface area contributed by atoms with Crippen LogP contribution in [0.4, 0.5) is 0 Å². The SMILES string of the molecule is COC1=C(NC(C)c2ccccc2)C(=O)c2ccccc2C1=O. The van der Waals surface area contributed by atoms with Crippen molar-refractivity contribution in [3.8, 4) is 0 Å². The molecule has 1 N–H and O–H groups in total. The predicted molar refractivity (Wildman–Crippen MR) is 87.1 cm³/mol. The van der Waals surface area contributed by atoms with E-state index in [1.165, 1.54) is 7.11 Å². The highest BCUT2D eigenvalue weighted by Crippen LogP contribution is 2.27. The minimum atomic E-state index is -0.273. The number of hydrogen-bond donors (Lipinski definition) is 1. The van der Waals surface area contributed by atoms with E-state index in [1.54, 1.807) is 24.3 Å². The van der Waals surface area contributed by atoms with Gasteiger partial charge in [-0.15, -0.1) is 0 Å². The molecule has 0 aromatic heterocycles. The standard InChI is InChI=1S/C19H17NO3/c1-12(13-8-4-3-5-9-13)20-16-17(21)14-10-6-7-11-15(14)18(22)19(16)23-2/h3-12,20H,1-2H3. The summed E-state index contributed by atoms with van der Waals surface area (Å²) < 4.78 is 5.23. The van der Waals surface area contributed by atoms with Gasteiger partial charge in [0.05, 0.1) is 7.11 Å². The fourth-order valence-electron chi connectivity index (χ4n) is 2.72. The molecule has 0 amide bonds. The third kappa shape index (κ3) is 2.63. The Morgan fingerprint density at radius 1 is 0.870 bits per heavy atom. The number of benzene rings is 2. The van der Waals surface area contributed by atoms with Gasteiger partial charge in [0.1, 0.15) is 5.70 Å². The molecular formula is C19H17NO3. The highest BCUT2D eigenvalue weighted by molar-refractivity contribution is 6.25. The van der Waals surface area contributed by atoms with Crippen LogP contribution in [0.3, 0.4) is 0 Å². The summed E-state index contributed by atoms with van der Waals surface area (Å²) in [5.41, 5.74) is 2.02. The van der Waals surface area contributed by atoms with Crippen molar-refractivity contribution in [1.82, 2.24) is 5.32 Å². The molecule has 1 unspecified atom stereocenters. The smallest absolute Gasteiger partial charge is 0.230 e. The maximum atomic E-state index is 12.7. The lowest BCUT2D eigenvalue weighted by molar-refractivity contribution is 0.0897. The normalized spacial score (nSPS) is 15.2. The molecule has 0 saturated heterocycles. The minimum absolute atomic E-state index is 0.0662. The van der Waals surface area contributed by atoms with Gasteiger partial charge >= 0.3 is 0 Å². The van der Waals surface area contributed by atoms with Crippen LogP contribution in [-0.4, -0.2) is 18.7 Å². The highest BCUT2D eigenvalue weighted by Gasteiger charge is 2.33. The molecule has 0 fully saturated rings. The zero-order valence-corrected chi connectivity index (χ0v) is 13.0. The summed E-state index contributed by atoms with van der Waals surface area (Å²) in [4.78, 5) is 25.3. The quantitative estimate of drug-likeness (QED) is 0.942. The van der Waals surface area contributed by atoms with Crippen molar-refractivity contribution in [1.29, 1.82) is 0 Å². The zero-order valence-electron chi connectivity index (χ0n) is 13.0. The Labute approximate surface area is 134 Å². The van der Waals surface area contributed by atoms with Crippen LogP contribution in [-0.2, 0) is 4.74 Å². The maximum Gasteiger partial charge on any atom is 0.230 e. The van der Waals surface area contributed by atoms with E-state index in [2.05, 4.69) is 5.32 Å². The largest absolute Gasteiger partial charge is 0.491 e. The molecule has 2 aromatic carbocycles. The number of rotatable bonds is 4. The molecule has 1 aliphatic rings. The predicted octanol–water partition coefficient (Wildman–Crippen LogP) is 3.27. The second-order valence-electron chi connectivity index (χ2n) is 5.39. The Morgan fingerprint density at radius 2 is 1.43 bits per heavy atom. The molecule has 0 aliphatic heterocycles. The number of methoxy groups -OCH3 is 1. The number of hydrogen-bond acceptors (Lipinski definition) is 4. The lowest BCUT2D eigenvalue weighted by Crippen LogP contribution is -2.32. The first-order chi connectivity index (χ1) is 11.1. The summed E-state index contributed by atoms with van der Waals surface area (Å²) in [6.45, 7) is 1.94. The van der Waals surface area contributed by atoms with E-state index < -0.39 is 0 Å². The van der Waals surface area contributed by atoms with Gasteiger partial charge in [0.15, 0.2) is 5.76 Å². The van der Waals surface area contributed by atoms with Gasteiger partial charge in [-0.05, 0) is 12.5 Å². The van der Waals surface area contributed by atoms with Crippen LogP contribution in [0.1, 0.15) is 39.2 Å². The molecule has 4 nitrogen and oxygen atoms in total. The molecule has 4 heteroatoms. The molecule has 0 spiro atoms. The molecular weight excluding hydrogens is 290 g/mol. The van der Waals surface area contributed by atoms with Crippen molar-refractivity contribution in [2.75, 3.05) is 7.11 Å². The van der Waals surface area contributed by atoms with Gasteiger partial charge in [0, 0.05) is 17.2 Å². The third-order valence-electron chi connectivity index (χ3n) is 3.94. The monoisotopic (exact) mass is 307 g/mol. The van der Waals surface area contributed by atoms with Crippen LogP contribution in [0.2, 0.25) is 0 Å². The third-order valence-corrected chi connectivity index (χ3v) is 3.94. The highest BCUT2D eigenvalue weighted by atomic mass is 16.5. The molecule has 3 rings (SSSR count). The second-order valence-corrected chi connectivity index (χ2v) is 5.39. The summed E-state index contributed by atoms with van der Waals surface area (Å²) in [6.07, 6.45) is 0. The fourth-order valence-corrected chi connectivity index (χ4v) is 2.72. The lowest BCUT2D eigenvalue weighted by Gasteiger charge is -2.24. The Morgan fingerprint density at radius 3 is 2.04 bits per heavy atom. The molecule has 2 aromatic rings. The number of ketones is 2. The summed E-state index contributed by atoms with van der Waals surface area (Å²) in [5.74, 6) is -0.429. The van der Waals surface area contributed by atoms with E-state index in [0.717, 1.165) is 5.56 Å². The van der Waals surface area contributed by atoms with Gasteiger partial charge in [0.25, 0.3) is 0 Å². The Bertz CT molecular complexity index is 793. The first-order valence-corrected chi connectivity index (χ1v) is 7.41. The van der Waals surface area contributed by atoms with Crippen molar-refractivity contribution >= 4 is 11.6 Å². The van der Waals surface area contributed by atoms with Crippen LogP contribution >= 0.6 is 0 Å². The number of carbonyl (C=O) groups is 2. The number of nitrogens with one attached hydrogen (secondary N) is 1. The van der Waals surface area contributed by atoms with Crippen LogP contribution in [0.25, 0.3) is 0 Å². The van der Waals surface area contributed by atoms with Crippen molar-refractivity contribution in [3.05, 3.63) is 82.7 Å². The van der Waals surface area contributed by atoms with E-state index in [1.807, 2.05) is 37.3 Å². The Balaban J connectivity index is 2.00. The number of Topliss-reactive ketones (excluding diaryl/α,β-unsaturated/α-hetero) is 2. The van der Waals surface area contributed by atoms with Gasteiger partial charge in [0.2, 0.25) is 11.6 Å². The minimum Gasteiger partial charge on any atom is -0.491 e. The summed E-state index contributed by atoms with van der Waals surface area (Å²) in [5, 5.41) is 3.14. The topological polar surface area (TPSA) is 55.4 Å². The summed E-state index contributed by atoms with van der Waals surface area (Å²) in [6, 6.07) is 16.4. The van der Waals surface area contributed by atoms with E-state index in [4.69, 9.17) is 4.74 Å². The molecule has 0 saturated carbocycles. The van der Waals surface area contributed by atoms with Crippen molar-refractivity contribution < 1.29 is 14.3 Å². The zero-order chi connectivity index (χ0) is 16.4. The molecule has 0 radical (unpaired) electrons. The molecule has 0 heterocycles. The summed E-state index contributed by atoms with van der Waals surface area (Å²) >= 11 is 0. The van der Waals surface area contributed by atoms with E-state index in [0.29, 0.717) is 11.1 Å². The van der Waals surface area contributed by atoms with E-state index in [-0.39, 0.29) is 29.1 Å². The Kier molecular flexibility index (Phi) is 3.98. The van der Waals surface area contributed by atoms with E-state index in [9.17, 15) is 9.59 Å². The van der Waals surface area contributed by atoms with Gasteiger partial charge in [-0.25, -0.2) is 0 Å². The molecule has 23 heavy (non-hydrogen) atoms. The van der Waals surface area contributed by atoms with Crippen molar-refractivity contribution in [3.63, 3.8) is 0 Å². The van der Waals surface area contributed by atoms with Crippen LogP contribution in [0.15, 0.2) is 66.1 Å². The number of ether oxygens (including phenoxy) is 1. The van der Waals surface area contributed by atoms with Gasteiger partial charge in [-0.3, -0.25) is 9.59 Å². The molecule has 0 bridgehead atoms. The van der Waals surface area contributed by atoms with Crippen molar-refractivity contribution in [2.45, 2.75) is 13.0 Å². The molecule has 116 valence electrons. The molecule has 1 aliphatic carbocycles. The van der Waals surface area contributed by atoms with Crippen LogP contribution in [0, 0.1) is 0 Å². The van der Waals surface area contributed by atoms with Gasteiger partial charge in [-0.2, -0.15) is 0 Å². The number of carbonyl (C=O) groups excluding carboxylic acids is 2. The molecule has 1 atom stereocenters. The average molecular weight is 307 g/mol. The Hall–Kier alpha value is -2.88. The first-order valence-electron chi connectivity index (χ1n) is 7.41. The van der Waals surface area contributed by atoms with E-state index >= 15 is 0 Å². The number of fused-ring (bicyclic) bond motifs is 1. The van der Waals surface area contributed by atoms with Crippen LogP contribution in [0.5, 0.6) is 0 Å². The van der Waals surface area contributed by atoms with Crippen molar-refractivity contribution in [2.24, 2.45) is 0 Å². The fraction of sp³-hybridized carbons (Fsp3) is 0.158. The average Bonchev–Trinajstić information content (AvgIpc) is 2.60. The van der Waals surface area contributed by atoms with Crippen LogP contribution < -0.4 is 5.32 Å². The second kappa shape index (κ2) is 6.08. The lowest BCUT2D eigenvalue weighted by atomic mass is 9.90. The number of allylic oxidation sites excluding steroid dienone is 2. The maximum absolute atomic E-state index is 12.7. The first kappa shape index (κ1) is 15.0. The summed E-state index contributed by atoms with van der Waals surface area (Å²) in [7, 11) is 1.41. The van der Waals surface area contributed by atoms with Gasteiger partial charge < -0.3 is 10.1 Å². The van der Waals surface area contributed by atoms with Gasteiger partial charge in [-0.1, -0.05) is 54.6 Å².